The molecule has 4 rings (SSSR count). The summed E-state index contributed by atoms with van der Waals surface area (Å²) in [7, 11) is 0. The highest BCUT2D eigenvalue weighted by atomic mass is 32.1. The van der Waals surface area contributed by atoms with Gasteiger partial charge in [0, 0.05) is 36.3 Å². The topological polar surface area (TPSA) is 66.7 Å². The quantitative estimate of drug-likeness (QED) is 0.927. The number of piperidine rings is 1. The van der Waals surface area contributed by atoms with Crippen LogP contribution < -0.4 is 5.32 Å². The Morgan fingerprint density at radius 1 is 1.39 bits per heavy atom. The van der Waals surface area contributed by atoms with Crippen molar-refractivity contribution in [2.75, 3.05) is 6.54 Å². The molecule has 3 heterocycles. The lowest BCUT2D eigenvalue weighted by Crippen LogP contribution is -2.46. The normalized spacial score (nSPS) is 21.9. The van der Waals surface area contributed by atoms with Crippen molar-refractivity contribution in [2.45, 2.75) is 45.2 Å². The molecule has 2 aromatic rings. The highest BCUT2D eigenvalue weighted by Crippen LogP contribution is 2.31. The summed E-state index contributed by atoms with van der Waals surface area (Å²) in [5.41, 5.74) is 0.871. The summed E-state index contributed by atoms with van der Waals surface area (Å²) in [6, 6.07) is 0.390. The molecule has 2 aliphatic rings. The summed E-state index contributed by atoms with van der Waals surface area (Å²) in [6.07, 6.45) is 7.33. The van der Waals surface area contributed by atoms with E-state index in [1.54, 1.807) is 11.3 Å². The van der Waals surface area contributed by atoms with E-state index in [2.05, 4.69) is 17.2 Å². The highest BCUT2D eigenvalue weighted by molar-refractivity contribution is 7.16. The summed E-state index contributed by atoms with van der Waals surface area (Å²) < 4.78 is 2.00. The molecule has 1 atom stereocenters. The second-order valence-corrected chi connectivity index (χ2v) is 7.71. The molecule has 1 N–H and O–H groups in total. The van der Waals surface area contributed by atoms with Crippen LogP contribution in [0.4, 0.5) is 0 Å². The average molecular weight is 332 g/mol. The van der Waals surface area contributed by atoms with Gasteiger partial charge in [-0.15, -0.1) is 11.3 Å². The molecular weight excluding hydrogens is 312 g/mol. The maximum atomic E-state index is 12.4. The van der Waals surface area contributed by atoms with Gasteiger partial charge < -0.3 is 10.2 Å². The number of nitrogens with zero attached hydrogens (tertiary/aromatic N) is 3. The van der Waals surface area contributed by atoms with Gasteiger partial charge in [0.25, 0.3) is 0 Å². The Labute approximate surface area is 138 Å². The number of carbonyl (C=O) groups is 2. The van der Waals surface area contributed by atoms with Crippen molar-refractivity contribution in [1.82, 2.24) is 19.6 Å². The van der Waals surface area contributed by atoms with E-state index < -0.39 is 0 Å². The number of thiazole rings is 1. The van der Waals surface area contributed by atoms with Crippen molar-refractivity contribution in [3.63, 3.8) is 0 Å². The molecule has 23 heavy (non-hydrogen) atoms. The molecule has 2 amide bonds. The summed E-state index contributed by atoms with van der Waals surface area (Å²) in [6.45, 7) is 3.07. The van der Waals surface area contributed by atoms with Crippen LogP contribution in [0, 0.1) is 12.8 Å². The fourth-order valence-corrected chi connectivity index (χ4v) is 4.02. The number of amides is 2. The van der Waals surface area contributed by atoms with Crippen LogP contribution >= 0.6 is 11.3 Å². The lowest BCUT2D eigenvalue weighted by atomic mass is 9.96. The minimum atomic E-state index is -0.0840. The van der Waals surface area contributed by atoms with Gasteiger partial charge in [0.15, 0.2) is 4.96 Å². The number of hydrogen-bond donors (Lipinski definition) is 1. The van der Waals surface area contributed by atoms with Gasteiger partial charge in [0.1, 0.15) is 0 Å². The van der Waals surface area contributed by atoms with Crippen LogP contribution in [0.25, 0.3) is 4.96 Å². The van der Waals surface area contributed by atoms with Crippen molar-refractivity contribution in [1.29, 1.82) is 0 Å². The van der Waals surface area contributed by atoms with Crippen molar-refractivity contribution in [2.24, 2.45) is 5.92 Å². The first-order valence-electron chi connectivity index (χ1n) is 8.11. The Hall–Kier alpha value is -1.89. The molecule has 1 saturated heterocycles. The van der Waals surface area contributed by atoms with E-state index in [9.17, 15) is 9.59 Å². The van der Waals surface area contributed by atoms with Gasteiger partial charge >= 0.3 is 0 Å². The molecule has 0 unspecified atom stereocenters. The molecule has 2 fully saturated rings. The predicted molar refractivity (Wildman–Crippen MR) is 87.1 cm³/mol. The van der Waals surface area contributed by atoms with Crippen molar-refractivity contribution in [3.8, 4) is 0 Å². The van der Waals surface area contributed by atoms with Crippen molar-refractivity contribution >= 4 is 28.1 Å². The highest BCUT2D eigenvalue weighted by Gasteiger charge is 2.38. The Kier molecular flexibility index (Phi) is 3.60. The number of nitrogens with one attached hydrogen (secondary N) is 1. The Bertz CT molecular complexity index is 730. The van der Waals surface area contributed by atoms with Crippen LogP contribution in [0.2, 0.25) is 0 Å². The van der Waals surface area contributed by atoms with E-state index in [-0.39, 0.29) is 17.7 Å². The number of likely N-dealkylation sites (tertiary alicyclic amines) is 1. The SMILES string of the molecule is Cc1cn2cc(CNC(=O)[C@H]3CCC(=O)N(C4CC4)C3)nc2s1. The second-order valence-electron chi connectivity index (χ2n) is 6.49. The molecule has 2 aromatic heterocycles. The first-order valence-corrected chi connectivity index (χ1v) is 8.93. The minimum absolute atomic E-state index is 0.0377. The van der Waals surface area contributed by atoms with E-state index in [1.165, 1.54) is 4.88 Å². The predicted octanol–water partition coefficient (Wildman–Crippen LogP) is 1.72. The van der Waals surface area contributed by atoms with Crippen LogP contribution in [0.5, 0.6) is 0 Å². The maximum absolute atomic E-state index is 12.4. The van der Waals surface area contributed by atoms with E-state index >= 15 is 0 Å². The van der Waals surface area contributed by atoms with Gasteiger partial charge in [0.2, 0.25) is 11.8 Å². The third kappa shape index (κ3) is 2.97. The largest absolute Gasteiger partial charge is 0.350 e. The van der Waals surface area contributed by atoms with Crippen molar-refractivity contribution < 1.29 is 9.59 Å². The molecule has 122 valence electrons. The minimum Gasteiger partial charge on any atom is -0.350 e. The molecule has 0 spiro atoms. The Morgan fingerprint density at radius 2 is 2.22 bits per heavy atom. The monoisotopic (exact) mass is 332 g/mol. The smallest absolute Gasteiger partial charge is 0.225 e. The van der Waals surface area contributed by atoms with Gasteiger partial charge in [-0.1, -0.05) is 0 Å². The average Bonchev–Trinajstić information content (AvgIpc) is 3.21. The van der Waals surface area contributed by atoms with Crippen LogP contribution in [0.1, 0.15) is 36.3 Å². The second kappa shape index (κ2) is 5.63. The first kappa shape index (κ1) is 14.7. The summed E-state index contributed by atoms with van der Waals surface area (Å²) in [5.74, 6) is 0.163. The third-order valence-corrected chi connectivity index (χ3v) is 5.48. The Morgan fingerprint density at radius 3 is 2.96 bits per heavy atom. The van der Waals surface area contributed by atoms with E-state index in [1.807, 2.05) is 21.7 Å². The molecule has 1 aliphatic carbocycles. The number of imidazole rings is 1. The number of aromatic nitrogens is 2. The Balaban J connectivity index is 1.35. The number of hydrogen-bond acceptors (Lipinski definition) is 4. The summed E-state index contributed by atoms with van der Waals surface area (Å²) in [4.78, 5) is 32.9. The third-order valence-electron chi connectivity index (χ3n) is 4.57. The molecule has 0 aromatic carbocycles. The molecule has 0 bridgehead atoms. The van der Waals surface area contributed by atoms with Crippen LogP contribution in [0.3, 0.4) is 0 Å². The van der Waals surface area contributed by atoms with Gasteiger partial charge in [-0.2, -0.15) is 0 Å². The van der Waals surface area contributed by atoms with Gasteiger partial charge in [-0.05, 0) is 26.2 Å². The van der Waals surface area contributed by atoms with Gasteiger partial charge in [0.05, 0.1) is 18.2 Å². The lowest BCUT2D eigenvalue weighted by molar-refractivity contribution is -0.138. The van der Waals surface area contributed by atoms with E-state index in [0.29, 0.717) is 32.0 Å². The van der Waals surface area contributed by atoms with Crippen LogP contribution in [0.15, 0.2) is 12.4 Å². The number of carbonyl (C=O) groups excluding carboxylic acids is 2. The van der Waals surface area contributed by atoms with E-state index in [4.69, 9.17) is 0 Å². The molecule has 1 aliphatic heterocycles. The van der Waals surface area contributed by atoms with Gasteiger partial charge in [-0.25, -0.2) is 4.98 Å². The molecule has 6 nitrogen and oxygen atoms in total. The zero-order valence-corrected chi connectivity index (χ0v) is 13.9. The number of rotatable bonds is 4. The lowest BCUT2D eigenvalue weighted by Gasteiger charge is -2.32. The number of fused-ring (bicyclic) bond motifs is 1. The summed E-state index contributed by atoms with van der Waals surface area (Å²) in [5, 5.41) is 2.98. The molecule has 0 radical (unpaired) electrons. The molecule has 7 heteroatoms. The van der Waals surface area contributed by atoms with Crippen LogP contribution in [-0.2, 0) is 16.1 Å². The fraction of sp³-hybridized carbons (Fsp3) is 0.562. The summed E-state index contributed by atoms with van der Waals surface area (Å²) >= 11 is 1.64. The van der Waals surface area contributed by atoms with Gasteiger partial charge in [-0.3, -0.25) is 14.0 Å². The first-order chi connectivity index (χ1) is 11.1. The van der Waals surface area contributed by atoms with E-state index in [0.717, 1.165) is 23.5 Å². The zero-order valence-electron chi connectivity index (χ0n) is 13.1. The number of aryl methyl sites for hydroxylation is 1. The maximum Gasteiger partial charge on any atom is 0.225 e. The fourth-order valence-electron chi connectivity index (χ4n) is 3.19. The molecule has 1 saturated carbocycles. The van der Waals surface area contributed by atoms with Crippen molar-refractivity contribution in [3.05, 3.63) is 23.0 Å². The standard InChI is InChI=1S/C16H20N4O2S/c1-10-7-19-9-12(18-16(19)23-10)6-17-15(22)11-2-5-14(21)20(8-11)13-3-4-13/h7,9,11,13H,2-6,8H2,1H3,(H,17,22)/t11-/m0/s1. The van der Waals surface area contributed by atoms with Crippen LogP contribution in [-0.4, -0.2) is 38.7 Å². The molecular formula is C16H20N4O2S. The zero-order chi connectivity index (χ0) is 16.0.